The monoisotopic (exact) mass is 259 g/mol. The average Bonchev–Trinajstić information content (AvgIpc) is 2.38. The van der Waals surface area contributed by atoms with E-state index in [1.165, 1.54) is 7.11 Å². The van der Waals surface area contributed by atoms with Gasteiger partial charge in [0.25, 0.3) is 0 Å². The molecule has 1 N–H and O–H groups in total. The molecular weight excluding hydrogens is 246 g/mol. The van der Waals surface area contributed by atoms with Crippen molar-refractivity contribution in [2.45, 2.75) is 6.42 Å². The van der Waals surface area contributed by atoms with E-state index in [1.807, 2.05) is 0 Å². The van der Waals surface area contributed by atoms with Crippen molar-refractivity contribution in [3.8, 4) is 17.4 Å². The molecule has 0 fully saturated rings. The van der Waals surface area contributed by atoms with E-state index in [4.69, 9.17) is 14.6 Å². The smallest absolute Gasteiger partial charge is 0.307 e. The van der Waals surface area contributed by atoms with Gasteiger partial charge in [0.2, 0.25) is 5.88 Å². The first-order valence-corrected chi connectivity index (χ1v) is 5.66. The third-order valence-electron chi connectivity index (χ3n) is 2.40. The van der Waals surface area contributed by atoms with E-state index < -0.39 is 5.97 Å². The van der Waals surface area contributed by atoms with Crippen LogP contribution in [0.15, 0.2) is 42.6 Å². The maximum absolute atomic E-state index is 10.7. The summed E-state index contributed by atoms with van der Waals surface area (Å²) in [6, 6.07) is 10.3. The molecule has 0 aliphatic carbocycles. The minimum atomic E-state index is -0.872. The summed E-state index contributed by atoms with van der Waals surface area (Å²) in [6.45, 7) is 0. The molecule has 98 valence electrons. The van der Waals surface area contributed by atoms with Gasteiger partial charge in [-0.05, 0) is 23.8 Å². The summed E-state index contributed by atoms with van der Waals surface area (Å²) in [4.78, 5) is 14.6. The van der Waals surface area contributed by atoms with Crippen LogP contribution in [0.2, 0.25) is 0 Å². The van der Waals surface area contributed by atoms with E-state index in [-0.39, 0.29) is 6.42 Å². The van der Waals surface area contributed by atoms with Crippen LogP contribution in [0, 0.1) is 0 Å². The molecule has 0 unspecified atom stereocenters. The SMILES string of the molecule is COc1cc(Oc2cccc(CC(=O)O)c2)ccn1. The van der Waals surface area contributed by atoms with Gasteiger partial charge in [0, 0.05) is 12.3 Å². The molecule has 2 aromatic rings. The highest BCUT2D eigenvalue weighted by Gasteiger charge is 2.04. The Labute approximate surface area is 110 Å². The van der Waals surface area contributed by atoms with Gasteiger partial charge < -0.3 is 14.6 Å². The van der Waals surface area contributed by atoms with Gasteiger partial charge in [-0.1, -0.05) is 12.1 Å². The molecule has 19 heavy (non-hydrogen) atoms. The number of rotatable bonds is 5. The molecule has 2 rings (SSSR count). The fraction of sp³-hybridized carbons (Fsp3) is 0.143. The molecule has 5 nitrogen and oxygen atoms in total. The number of aliphatic carboxylic acids is 1. The molecule has 0 bridgehead atoms. The summed E-state index contributed by atoms with van der Waals surface area (Å²) in [6.07, 6.45) is 1.55. The molecular formula is C14H13NO4. The topological polar surface area (TPSA) is 68.7 Å². The summed E-state index contributed by atoms with van der Waals surface area (Å²) >= 11 is 0. The lowest BCUT2D eigenvalue weighted by Gasteiger charge is -2.07. The zero-order valence-corrected chi connectivity index (χ0v) is 10.4. The molecule has 1 heterocycles. The summed E-state index contributed by atoms with van der Waals surface area (Å²) in [7, 11) is 1.53. The number of carboxylic acid groups (broad SMARTS) is 1. The van der Waals surface area contributed by atoms with E-state index in [9.17, 15) is 4.79 Å². The lowest BCUT2D eigenvalue weighted by atomic mass is 10.1. The van der Waals surface area contributed by atoms with Crippen LogP contribution in [0.3, 0.4) is 0 Å². The van der Waals surface area contributed by atoms with Crippen LogP contribution < -0.4 is 9.47 Å². The van der Waals surface area contributed by atoms with Crippen molar-refractivity contribution < 1.29 is 19.4 Å². The Morgan fingerprint density at radius 3 is 2.79 bits per heavy atom. The number of hydrogen-bond acceptors (Lipinski definition) is 4. The van der Waals surface area contributed by atoms with Gasteiger partial charge in [-0.3, -0.25) is 4.79 Å². The molecule has 0 saturated carbocycles. The highest BCUT2D eigenvalue weighted by Crippen LogP contribution is 2.24. The third-order valence-corrected chi connectivity index (χ3v) is 2.40. The second-order valence-corrected chi connectivity index (χ2v) is 3.85. The van der Waals surface area contributed by atoms with Gasteiger partial charge in [-0.15, -0.1) is 0 Å². The lowest BCUT2D eigenvalue weighted by molar-refractivity contribution is -0.136. The van der Waals surface area contributed by atoms with Crippen molar-refractivity contribution in [2.24, 2.45) is 0 Å². The molecule has 0 saturated heterocycles. The van der Waals surface area contributed by atoms with Crippen LogP contribution in [-0.4, -0.2) is 23.2 Å². The second-order valence-electron chi connectivity index (χ2n) is 3.85. The Balaban J connectivity index is 2.15. The maximum Gasteiger partial charge on any atom is 0.307 e. The van der Waals surface area contributed by atoms with Crippen molar-refractivity contribution in [3.05, 3.63) is 48.2 Å². The van der Waals surface area contributed by atoms with Crippen LogP contribution >= 0.6 is 0 Å². The van der Waals surface area contributed by atoms with E-state index in [0.717, 1.165) is 0 Å². The van der Waals surface area contributed by atoms with E-state index in [2.05, 4.69) is 4.98 Å². The number of carboxylic acids is 1. The number of methoxy groups -OCH3 is 1. The predicted molar refractivity (Wildman–Crippen MR) is 68.6 cm³/mol. The van der Waals surface area contributed by atoms with Crippen molar-refractivity contribution >= 4 is 5.97 Å². The van der Waals surface area contributed by atoms with Crippen LogP contribution in [-0.2, 0) is 11.2 Å². The first-order valence-electron chi connectivity index (χ1n) is 5.66. The van der Waals surface area contributed by atoms with Gasteiger partial charge >= 0.3 is 5.97 Å². The van der Waals surface area contributed by atoms with Gasteiger partial charge in [0.15, 0.2) is 0 Å². The van der Waals surface area contributed by atoms with Crippen molar-refractivity contribution in [1.82, 2.24) is 4.98 Å². The summed E-state index contributed by atoms with van der Waals surface area (Å²) in [5.74, 6) is 0.744. The van der Waals surface area contributed by atoms with Crippen molar-refractivity contribution in [3.63, 3.8) is 0 Å². The molecule has 0 aliphatic rings. The summed E-state index contributed by atoms with van der Waals surface area (Å²) < 4.78 is 10.6. The van der Waals surface area contributed by atoms with E-state index in [1.54, 1.807) is 42.6 Å². The Morgan fingerprint density at radius 2 is 2.05 bits per heavy atom. The fourth-order valence-corrected chi connectivity index (χ4v) is 1.60. The van der Waals surface area contributed by atoms with E-state index in [0.29, 0.717) is 22.9 Å². The zero-order valence-electron chi connectivity index (χ0n) is 10.4. The molecule has 1 aromatic carbocycles. The Bertz CT molecular complexity index is 583. The number of aromatic nitrogens is 1. The highest BCUT2D eigenvalue weighted by atomic mass is 16.5. The molecule has 5 heteroatoms. The number of pyridine rings is 1. The predicted octanol–water partition coefficient (Wildman–Crippen LogP) is 2.51. The van der Waals surface area contributed by atoms with Crippen LogP contribution in [0.25, 0.3) is 0 Å². The Morgan fingerprint density at radius 1 is 1.26 bits per heavy atom. The van der Waals surface area contributed by atoms with Gasteiger partial charge in [-0.25, -0.2) is 4.98 Å². The second kappa shape index (κ2) is 5.86. The quantitative estimate of drug-likeness (QED) is 0.893. The van der Waals surface area contributed by atoms with Gasteiger partial charge in [0.05, 0.1) is 13.5 Å². The van der Waals surface area contributed by atoms with Crippen LogP contribution in [0.5, 0.6) is 17.4 Å². The largest absolute Gasteiger partial charge is 0.481 e. The number of hydrogen-bond donors (Lipinski definition) is 1. The van der Waals surface area contributed by atoms with Crippen molar-refractivity contribution in [1.29, 1.82) is 0 Å². The maximum atomic E-state index is 10.7. The third kappa shape index (κ3) is 3.70. The normalized spacial score (nSPS) is 9.95. The molecule has 0 radical (unpaired) electrons. The molecule has 0 aliphatic heterocycles. The van der Waals surface area contributed by atoms with Crippen LogP contribution in [0.1, 0.15) is 5.56 Å². The minimum Gasteiger partial charge on any atom is -0.481 e. The molecule has 1 aromatic heterocycles. The summed E-state index contributed by atoms with van der Waals surface area (Å²) in [5, 5.41) is 8.75. The van der Waals surface area contributed by atoms with E-state index >= 15 is 0 Å². The molecule has 0 atom stereocenters. The van der Waals surface area contributed by atoms with Crippen molar-refractivity contribution in [2.75, 3.05) is 7.11 Å². The Hall–Kier alpha value is -2.56. The average molecular weight is 259 g/mol. The highest BCUT2D eigenvalue weighted by molar-refractivity contribution is 5.70. The van der Waals surface area contributed by atoms with Crippen LogP contribution in [0.4, 0.5) is 0 Å². The Kier molecular flexibility index (Phi) is 3.97. The van der Waals surface area contributed by atoms with Gasteiger partial charge in [-0.2, -0.15) is 0 Å². The summed E-state index contributed by atoms with van der Waals surface area (Å²) in [5.41, 5.74) is 0.686. The molecule has 0 spiro atoms. The van der Waals surface area contributed by atoms with Gasteiger partial charge in [0.1, 0.15) is 11.5 Å². The lowest BCUT2D eigenvalue weighted by Crippen LogP contribution is -1.99. The number of benzene rings is 1. The fourth-order valence-electron chi connectivity index (χ4n) is 1.60. The standard InChI is InChI=1S/C14H13NO4/c1-18-13-9-12(5-6-15-13)19-11-4-2-3-10(7-11)8-14(16)17/h2-7,9H,8H2,1H3,(H,16,17). The number of carbonyl (C=O) groups is 1. The zero-order chi connectivity index (χ0) is 13.7. The first-order chi connectivity index (χ1) is 9.17. The molecule has 0 amide bonds. The first kappa shape index (κ1) is 12.9. The minimum absolute atomic E-state index is 0.0309. The number of nitrogens with zero attached hydrogens (tertiary/aromatic N) is 1. The number of ether oxygens (including phenoxy) is 2.